The van der Waals surface area contributed by atoms with E-state index in [0.717, 1.165) is 0 Å². The maximum absolute atomic E-state index is 8.70. The number of ether oxygens (including phenoxy) is 3. The average molecular weight is 242 g/mol. The van der Waals surface area contributed by atoms with E-state index in [1.54, 1.807) is 6.07 Å². The predicted octanol–water partition coefficient (Wildman–Crippen LogP) is 2.43. The molecule has 0 saturated heterocycles. The molecular weight excluding hydrogens is 230 g/mol. The molecule has 0 aliphatic carbocycles. The van der Waals surface area contributed by atoms with Crippen LogP contribution in [0.4, 0.5) is 0 Å². The minimum atomic E-state index is 0.198. The molecule has 0 atom stereocenters. The number of rotatable bonds is 4. The first-order valence-corrected chi connectivity index (χ1v) is 4.91. The zero-order chi connectivity index (χ0) is 12.1. The zero-order valence-electron chi connectivity index (χ0n) is 9.33. The third-order valence-corrected chi connectivity index (χ3v) is 2.46. The van der Waals surface area contributed by atoms with Crippen molar-refractivity contribution in [2.24, 2.45) is 0 Å². The molecule has 0 fully saturated rings. The van der Waals surface area contributed by atoms with Gasteiger partial charge >= 0.3 is 0 Å². The van der Waals surface area contributed by atoms with Crippen LogP contribution in [-0.4, -0.2) is 21.3 Å². The Morgan fingerprint density at radius 3 is 2.25 bits per heavy atom. The second kappa shape index (κ2) is 5.47. The molecule has 0 heterocycles. The quantitative estimate of drug-likeness (QED) is 0.812. The first-order chi connectivity index (χ1) is 7.69. The van der Waals surface area contributed by atoms with Crippen molar-refractivity contribution in [1.29, 1.82) is 5.26 Å². The van der Waals surface area contributed by atoms with Gasteiger partial charge in [0.05, 0.1) is 33.8 Å². The van der Waals surface area contributed by atoms with Crippen LogP contribution in [0.1, 0.15) is 5.56 Å². The lowest BCUT2D eigenvalue weighted by atomic mass is 10.1. The topological polar surface area (TPSA) is 51.5 Å². The number of hydrogen-bond acceptors (Lipinski definition) is 4. The van der Waals surface area contributed by atoms with Crippen molar-refractivity contribution < 1.29 is 14.2 Å². The molecule has 1 aromatic rings. The maximum Gasteiger partial charge on any atom is 0.183 e. The van der Waals surface area contributed by atoms with Crippen molar-refractivity contribution in [2.75, 3.05) is 21.3 Å². The van der Waals surface area contributed by atoms with Gasteiger partial charge in [-0.1, -0.05) is 11.6 Å². The number of nitrogens with zero attached hydrogens (tertiary/aromatic N) is 1. The summed E-state index contributed by atoms with van der Waals surface area (Å²) in [6.07, 6.45) is 0.198. The van der Waals surface area contributed by atoms with E-state index < -0.39 is 0 Å². The van der Waals surface area contributed by atoms with Crippen molar-refractivity contribution in [3.63, 3.8) is 0 Å². The Hall–Kier alpha value is -1.60. The summed E-state index contributed by atoms with van der Waals surface area (Å²) >= 11 is 6.09. The molecule has 0 saturated carbocycles. The third kappa shape index (κ3) is 2.15. The van der Waals surface area contributed by atoms with E-state index in [1.165, 1.54) is 21.3 Å². The normalized spacial score (nSPS) is 9.44. The van der Waals surface area contributed by atoms with E-state index in [-0.39, 0.29) is 6.42 Å². The summed E-state index contributed by atoms with van der Waals surface area (Å²) in [4.78, 5) is 0. The predicted molar refractivity (Wildman–Crippen MR) is 60.4 cm³/mol. The van der Waals surface area contributed by atoms with E-state index in [1.807, 2.05) is 6.07 Å². The van der Waals surface area contributed by atoms with Crippen LogP contribution in [0.5, 0.6) is 17.2 Å². The molecule has 4 nitrogen and oxygen atoms in total. The Morgan fingerprint density at radius 2 is 1.81 bits per heavy atom. The zero-order valence-corrected chi connectivity index (χ0v) is 10.1. The van der Waals surface area contributed by atoms with Crippen LogP contribution >= 0.6 is 11.6 Å². The highest BCUT2D eigenvalue weighted by Gasteiger charge is 2.18. The van der Waals surface area contributed by atoms with Crippen LogP contribution < -0.4 is 14.2 Å². The Kier molecular flexibility index (Phi) is 4.27. The monoisotopic (exact) mass is 241 g/mol. The second-order valence-electron chi connectivity index (χ2n) is 2.95. The Morgan fingerprint density at radius 1 is 1.19 bits per heavy atom. The summed E-state index contributed by atoms with van der Waals surface area (Å²) < 4.78 is 15.4. The van der Waals surface area contributed by atoms with Gasteiger partial charge < -0.3 is 14.2 Å². The first-order valence-electron chi connectivity index (χ1n) is 4.53. The molecule has 0 N–H and O–H groups in total. The fourth-order valence-corrected chi connectivity index (χ4v) is 1.79. The molecule has 0 aliphatic rings. The standard InChI is InChI=1S/C11H12ClNO3/c1-14-8-6-7(4-5-13)10(15-2)9(12)11(8)16-3/h6H,4H2,1-3H3. The summed E-state index contributed by atoms with van der Waals surface area (Å²) in [7, 11) is 4.50. The van der Waals surface area contributed by atoms with Gasteiger partial charge in [-0.15, -0.1) is 0 Å². The number of hydrogen-bond donors (Lipinski definition) is 0. The molecule has 0 bridgehead atoms. The highest BCUT2D eigenvalue weighted by molar-refractivity contribution is 6.34. The van der Waals surface area contributed by atoms with Gasteiger partial charge in [-0.2, -0.15) is 5.26 Å². The summed E-state index contributed by atoms with van der Waals surface area (Å²) in [5, 5.41) is 9.01. The lowest BCUT2D eigenvalue weighted by Crippen LogP contribution is -1.98. The second-order valence-corrected chi connectivity index (χ2v) is 3.33. The lowest BCUT2D eigenvalue weighted by molar-refractivity contribution is 0.348. The summed E-state index contributed by atoms with van der Waals surface area (Å²) in [5.41, 5.74) is 0.674. The molecule has 0 aliphatic heterocycles. The molecule has 16 heavy (non-hydrogen) atoms. The fourth-order valence-electron chi connectivity index (χ4n) is 1.42. The van der Waals surface area contributed by atoms with E-state index in [0.29, 0.717) is 27.8 Å². The van der Waals surface area contributed by atoms with Crippen LogP contribution in [0.2, 0.25) is 5.02 Å². The molecule has 1 aromatic carbocycles. The highest BCUT2D eigenvalue weighted by atomic mass is 35.5. The highest BCUT2D eigenvalue weighted by Crippen LogP contribution is 2.43. The number of methoxy groups -OCH3 is 3. The van der Waals surface area contributed by atoms with E-state index in [4.69, 9.17) is 31.1 Å². The summed E-state index contributed by atoms with van der Waals surface area (Å²) in [5.74, 6) is 1.34. The maximum atomic E-state index is 8.70. The van der Waals surface area contributed by atoms with Crippen LogP contribution in [-0.2, 0) is 6.42 Å². The van der Waals surface area contributed by atoms with Gasteiger partial charge in [-0.3, -0.25) is 0 Å². The van der Waals surface area contributed by atoms with Crippen molar-refractivity contribution in [3.8, 4) is 23.3 Å². The van der Waals surface area contributed by atoms with Crippen molar-refractivity contribution in [3.05, 3.63) is 16.7 Å². The number of benzene rings is 1. The van der Waals surface area contributed by atoms with E-state index in [2.05, 4.69) is 0 Å². The van der Waals surface area contributed by atoms with Gasteiger partial charge in [0.15, 0.2) is 11.5 Å². The molecule has 0 aromatic heterocycles. The molecule has 0 radical (unpaired) electrons. The van der Waals surface area contributed by atoms with Gasteiger partial charge in [-0.25, -0.2) is 0 Å². The van der Waals surface area contributed by atoms with E-state index in [9.17, 15) is 0 Å². The Balaban J connectivity index is 3.42. The van der Waals surface area contributed by atoms with E-state index >= 15 is 0 Å². The smallest absolute Gasteiger partial charge is 0.183 e. The van der Waals surface area contributed by atoms with Crippen LogP contribution in [0, 0.1) is 11.3 Å². The first kappa shape index (κ1) is 12.5. The molecule has 0 spiro atoms. The lowest BCUT2D eigenvalue weighted by Gasteiger charge is -2.15. The molecule has 0 amide bonds. The van der Waals surface area contributed by atoms with Crippen LogP contribution in [0.3, 0.4) is 0 Å². The molecule has 0 unspecified atom stereocenters. The third-order valence-electron chi connectivity index (χ3n) is 2.12. The fraction of sp³-hybridized carbons (Fsp3) is 0.364. The van der Waals surface area contributed by atoms with Crippen LogP contribution in [0.25, 0.3) is 0 Å². The summed E-state index contributed by atoms with van der Waals surface area (Å²) in [6.45, 7) is 0. The number of nitriles is 1. The Bertz CT molecular complexity index is 426. The van der Waals surface area contributed by atoms with Gasteiger partial charge in [0, 0.05) is 5.56 Å². The Labute approximate surface area is 99.3 Å². The molecule has 86 valence electrons. The van der Waals surface area contributed by atoms with Gasteiger partial charge in [0.25, 0.3) is 0 Å². The molecule has 5 heteroatoms. The van der Waals surface area contributed by atoms with Gasteiger partial charge in [0.1, 0.15) is 10.8 Å². The minimum Gasteiger partial charge on any atom is -0.495 e. The van der Waals surface area contributed by atoms with Gasteiger partial charge in [0.2, 0.25) is 0 Å². The van der Waals surface area contributed by atoms with Crippen molar-refractivity contribution in [1.82, 2.24) is 0 Å². The average Bonchev–Trinajstić information content (AvgIpc) is 2.29. The van der Waals surface area contributed by atoms with Gasteiger partial charge in [-0.05, 0) is 6.07 Å². The van der Waals surface area contributed by atoms with Crippen molar-refractivity contribution in [2.45, 2.75) is 6.42 Å². The minimum absolute atomic E-state index is 0.198. The van der Waals surface area contributed by atoms with Crippen LogP contribution in [0.15, 0.2) is 6.07 Å². The number of halogens is 1. The molecule has 1 rings (SSSR count). The molecular formula is C11H12ClNO3. The SMILES string of the molecule is COc1cc(CC#N)c(OC)c(Cl)c1OC. The summed E-state index contributed by atoms with van der Waals surface area (Å²) in [6, 6.07) is 3.73. The largest absolute Gasteiger partial charge is 0.495 e. The van der Waals surface area contributed by atoms with Crippen molar-refractivity contribution >= 4 is 11.6 Å².